The van der Waals surface area contributed by atoms with Crippen LogP contribution in [0.2, 0.25) is 0 Å². The summed E-state index contributed by atoms with van der Waals surface area (Å²) in [6.07, 6.45) is 0.338. The highest BCUT2D eigenvalue weighted by Crippen LogP contribution is 2.11. The van der Waals surface area contributed by atoms with Gasteiger partial charge < -0.3 is 16.4 Å². The highest BCUT2D eigenvalue weighted by Gasteiger charge is 2.16. The number of anilines is 1. The van der Waals surface area contributed by atoms with Crippen LogP contribution in [0.4, 0.5) is 5.69 Å². The van der Waals surface area contributed by atoms with Crippen molar-refractivity contribution in [3.8, 4) is 0 Å². The number of carbonyl (C=O) groups is 2. The minimum Gasteiger partial charge on any atom is -0.389 e. The van der Waals surface area contributed by atoms with Crippen LogP contribution in [0.5, 0.6) is 0 Å². The number of benzene rings is 1. The number of hydrogen-bond donors (Lipinski definition) is 3. The van der Waals surface area contributed by atoms with E-state index in [1.54, 1.807) is 24.3 Å². The van der Waals surface area contributed by atoms with Crippen LogP contribution in [0.3, 0.4) is 0 Å². The number of amides is 2. The average Bonchev–Trinajstić information content (AvgIpc) is 2.45. The second-order valence-corrected chi connectivity index (χ2v) is 5.31. The van der Waals surface area contributed by atoms with Gasteiger partial charge in [0.25, 0.3) is 0 Å². The first-order valence-corrected chi connectivity index (χ1v) is 7.14. The number of hydrogen-bond acceptors (Lipinski definition) is 4. The number of piperazine rings is 1. The van der Waals surface area contributed by atoms with Gasteiger partial charge in [-0.1, -0.05) is 24.4 Å². The van der Waals surface area contributed by atoms with Crippen LogP contribution < -0.4 is 16.4 Å². The molecule has 0 aromatic heterocycles. The van der Waals surface area contributed by atoms with E-state index in [2.05, 4.69) is 10.6 Å². The highest BCUT2D eigenvalue weighted by molar-refractivity contribution is 7.80. The monoisotopic (exact) mass is 306 g/mol. The Kier molecular flexibility index (Phi) is 5.24. The quantitative estimate of drug-likeness (QED) is 0.671. The van der Waals surface area contributed by atoms with Gasteiger partial charge in [-0.3, -0.25) is 14.5 Å². The standard InChI is InChI=1S/C14H18N4O2S/c15-14(21)10-2-1-3-11(8-10)17-12(19)4-6-18-7-5-16-13(20)9-18/h1-3,8H,4-7,9H2,(H2,15,21)(H,16,20)(H,17,19). The fraction of sp³-hybridized carbons (Fsp3) is 0.357. The molecule has 21 heavy (non-hydrogen) atoms. The van der Waals surface area contributed by atoms with E-state index in [4.69, 9.17) is 18.0 Å². The third kappa shape index (κ3) is 4.80. The first-order chi connectivity index (χ1) is 10.0. The molecule has 1 aliphatic rings. The molecule has 1 aromatic rings. The molecule has 1 saturated heterocycles. The Morgan fingerprint density at radius 3 is 3.00 bits per heavy atom. The molecule has 1 aromatic carbocycles. The van der Waals surface area contributed by atoms with Crippen molar-refractivity contribution in [3.63, 3.8) is 0 Å². The van der Waals surface area contributed by atoms with Crippen molar-refractivity contribution < 1.29 is 9.59 Å². The SMILES string of the molecule is NC(=S)c1cccc(NC(=O)CCN2CCNC(=O)C2)c1. The molecule has 0 bridgehead atoms. The molecule has 0 radical (unpaired) electrons. The van der Waals surface area contributed by atoms with Crippen molar-refractivity contribution in [3.05, 3.63) is 29.8 Å². The lowest BCUT2D eigenvalue weighted by molar-refractivity contribution is -0.125. The second kappa shape index (κ2) is 7.14. The number of carbonyl (C=O) groups excluding carboxylic acids is 2. The van der Waals surface area contributed by atoms with Gasteiger partial charge in [-0.2, -0.15) is 0 Å². The van der Waals surface area contributed by atoms with E-state index >= 15 is 0 Å². The van der Waals surface area contributed by atoms with Crippen LogP contribution in [0.25, 0.3) is 0 Å². The normalized spacial score (nSPS) is 15.3. The van der Waals surface area contributed by atoms with Gasteiger partial charge in [0.2, 0.25) is 11.8 Å². The molecule has 1 fully saturated rings. The summed E-state index contributed by atoms with van der Waals surface area (Å²) in [4.78, 5) is 25.4. The van der Waals surface area contributed by atoms with E-state index in [1.165, 1.54) is 0 Å². The Labute approximate surface area is 128 Å². The lowest BCUT2D eigenvalue weighted by atomic mass is 10.2. The molecule has 1 aliphatic heterocycles. The number of nitrogens with two attached hydrogens (primary N) is 1. The minimum absolute atomic E-state index is 0.00539. The molecule has 2 rings (SSSR count). The van der Waals surface area contributed by atoms with Crippen LogP contribution in [0.1, 0.15) is 12.0 Å². The Hall–Kier alpha value is -1.99. The summed E-state index contributed by atoms with van der Waals surface area (Å²) in [5.41, 5.74) is 6.94. The summed E-state index contributed by atoms with van der Waals surface area (Å²) in [5.74, 6) is -0.0908. The Balaban J connectivity index is 1.83. The third-order valence-electron chi connectivity index (χ3n) is 3.20. The molecular formula is C14H18N4O2S. The molecule has 4 N–H and O–H groups in total. The minimum atomic E-state index is -0.0962. The van der Waals surface area contributed by atoms with Crippen molar-refractivity contribution in [1.29, 1.82) is 0 Å². The van der Waals surface area contributed by atoms with E-state index in [9.17, 15) is 9.59 Å². The van der Waals surface area contributed by atoms with Gasteiger partial charge in [-0.15, -0.1) is 0 Å². The van der Waals surface area contributed by atoms with Crippen molar-refractivity contribution in [2.45, 2.75) is 6.42 Å². The molecule has 1 heterocycles. The fourth-order valence-electron chi connectivity index (χ4n) is 2.12. The predicted octanol–water partition coefficient (Wildman–Crippen LogP) is 0.0812. The van der Waals surface area contributed by atoms with Crippen molar-refractivity contribution in [2.75, 3.05) is 31.5 Å². The summed E-state index contributed by atoms with van der Waals surface area (Å²) in [6, 6.07) is 7.12. The van der Waals surface area contributed by atoms with Crippen molar-refractivity contribution in [1.82, 2.24) is 10.2 Å². The summed E-state index contributed by atoms with van der Waals surface area (Å²) in [6.45, 7) is 2.32. The topological polar surface area (TPSA) is 87.5 Å². The zero-order valence-corrected chi connectivity index (χ0v) is 12.4. The van der Waals surface area contributed by atoms with Gasteiger partial charge >= 0.3 is 0 Å². The van der Waals surface area contributed by atoms with Gasteiger partial charge in [-0.05, 0) is 12.1 Å². The van der Waals surface area contributed by atoms with Gasteiger partial charge in [-0.25, -0.2) is 0 Å². The highest BCUT2D eigenvalue weighted by atomic mass is 32.1. The molecule has 7 heteroatoms. The lowest BCUT2D eigenvalue weighted by Gasteiger charge is -2.26. The van der Waals surface area contributed by atoms with Gasteiger partial charge in [0.05, 0.1) is 6.54 Å². The Bertz CT molecular complexity index is 562. The number of nitrogens with zero attached hydrogens (tertiary/aromatic N) is 1. The number of nitrogens with one attached hydrogen (secondary N) is 2. The maximum absolute atomic E-state index is 11.9. The van der Waals surface area contributed by atoms with E-state index in [-0.39, 0.29) is 11.8 Å². The molecule has 2 amide bonds. The molecule has 0 unspecified atom stereocenters. The van der Waals surface area contributed by atoms with Crippen LogP contribution in [-0.4, -0.2) is 47.9 Å². The van der Waals surface area contributed by atoms with Crippen LogP contribution in [-0.2, 0) is 9.59 Å². The lowest BCUT2D eigenvalue weighted by Crippen LogP contribution is -2.48. The summed E-state index contributed by atoms with van der Waals surface area (Å²) < 4.78 is 0. The third-order valence-corrected chi connectivity index (χ3v) is 3.44. The molecule has 0 saturated carbocycles. The van der Waals surface area contributed by atoms with Crippen molar-refractivity contribution in [2.24, 2.45) is 5.73 Å². The molecule has 6 nitrogen and oxygen atoms in total. The van der Waals surface area contributed by atoms with E-state index in [1.807, 2.05) is 4.90 Å². The fourth-order valence-corrected chi connectivity index (χ4v) is 2.24. The van der Waals surface area contributed by atoms with Gasteiger partial charge in [0.1, 0.15) is 4.99 Å². The molecular weight excluding hydrogens is 288 g/mol. The van der Waals surface area contributed by atoms with Crippen LogP contribution in [0, 0.1) is 0 Å². The average molecular weight is 306 g/mol. The van der Waals surface area contributed by atoms with Crippen molar-refractivity contribution >= 4 is 34.7 Å². The number of rotatable bonds is 5. The maximum Gasteiger partial charge on any atom is 0.234 e. The first kappa shape index (κ1) is 15.4. The zero-order valence-electron chi connectivity index (χ0n) is 11.6. The maximum atomic E-state index is 11.9. The molecule has 112 valence electrons. The van der Waals surface area contributed by atoms with Gasteiger partial charge in [0.15, 0.2) is 0 Å². The van der Waals surface area contributed by atoms with Crippen LogP contribution >= 0.6 is 12.2 Å². The summed E-state index contributed by atoms with van der Waals surface area (Å²) in [7, 11) is 0. The van der Waals surface area contributed by atoms with Crippen LogP contribution in [0.15, 0.2) is 24.3 Å². The molecule has 0 spiro atoms. The smallest absolute Gasteiger partial charge is 0.234 e. The van der Waals surface area contributed by atoms with E-state index < -0.39 is 0 Å². The van der Waals surface area contributed by atoms with E-state index in [0.29, 0.717) is 36.7 Å². The predicted molar refractivity (Wildman–Crippen MR) is 85.0 cm³/mol. The largest absolute Gasteiger partial charge is 0.389 e. The van der Waals surface area contributed by atoms with Gasteiger partial charge in [0, 0.05) is 37.3 Å². The summed E-state index contributed by atoms with van der Waals surface area (Å²) >= 11 is 4.90. The molecule has 0 aliphatic carbocycles. The number of thiocarbonyl (C=S) groups is 1. The summed E-state index contributed by atoms with van der Waals surface area (Å²) in [5, 5.41) is 5.56. The first-order valence-electron chi connectivity index (χ1n) is 6.73. The molecule has 0 atom stereocenters. The Morgan fingerprint density at radius 2 is 2.29 bits per heavy atom. The zero-order chi connectivity index (χ0) is 15.2. The Morgan fingerprint density at radius 1 is 1.48 bits per heavy atom. The van der Waals surface area contributed by atoms with E-state index in [0.717, 1.165) is 12.1 Å². The second-order valence-electron chi connectivity index (χ2n) is 4.87.